The summed E-state index contributed by atoms with van der Waals surface area (Å²) < 4.78 is 31.2. The van der Waals surface area contributed by atoms with E-state index in [2.05, 4.69) is 4.74 Å². The maximum Gasteiger partial charge on any atom is 0.421 e. The fourth-order valence-corrected chi connectivity index (χ4v) is 3.02. The van der Waals surface area contributed by atoms with Gasteiger partial charge in [-0.1, -0.05) is 0 Å². The first kappa shape index (κ1) is 15.2. The van der Waals surface area contributed by atoms with Crippen LogP contribution in [0.2, 0.25) is 0 Å². The van der Waals surface area contributed by atoms with Crippen LogP contribution in [0, 0.1) is 5.92 Å². The van der Waals surface area contributed by atoms with Crippen molar-refractivity contribution in [3.05, 3.63) is 0 Å². The number of nitrogens with one attached hydrogen (secondary N) is 1. The fourth-order valence-electron chi connectivity index (χ4n) is 1.93. The van der Waals surface area contributed by atoms with E-state index in [1.807, 2.05) is 4.72 Å². The highest BCUT2D eigenvalue weighted by molar-refractivity contribution is 7.87. The van der Waals surface area contributed by atoms with E-state index in [9.17, 15) is 18.3 Å². The number of nitrogens with zero attached hydrogens (tertiary/aromatic N) is 1. The van der Waals surface area contributed by atoms with Gasteiger partial charge in [0.05, 0.1) is 12.7 Å². The molecule has 1 heterocycles. The molecule has 0 aromatic rings. The van der Waals surface area contributed by atoms with Gasteiger partial charge in [-0.3, -0.25) is 0 Å². The summed E-state index contributed by atoms with van der Waals surface area (Å²) in [5.74, 6) is 0.110. The number of aliphatic hydroxyl groups is 1. The number of piperidine rings is 1. The summed E-state index contributed by atoms with van der Waals surface area (Å²) >= 11 is 0. The third-order valence-corrected chi connectivity index (χ3v) is 4.48. The topological polar surface area (TPSA) is 95.9 Å². The third kappa shape index (κ3) is 4.11. The van der Waals surface area contributed by atoms with E-state index in [0.717, 1.165) is 0 Å². The van der Waals surface area contributed by atoms with Crippen molar-refractivity contribution in [2.75, 3.05) is 19.7 Å². The zero-order chi connectivity index (χ0) is 13.8. The molecule has 1 rings (SSSR count). The number of carbonyl (C=O) groups excluding carboxylic acids is 1. The minimum atomic E-state index is -3.83. The summed E-state index contributed by atoms with van der Waals surface area (Å²) in [6, 6.07) is 0. The number of ether oxygens (including phenoxy) is 1. The lowest BCUT2D eigenvalue weighted by Crippen LogP contribution is -2.48. The third-order valence-electron chi connectivity index (χ3n) is 3.01. The minimum Gasteiger partial charge on any atom is -0.449 e. The molecule has 0 bridgehead atoms. The molecule has 8 heteroatoms. The van der Waals surface area contributed by atoms with Gasteiger partial charge in [-0.25, -0.2) is 9.52 Å². The van der Waals surface area contributed by atoms with E-state index >= 15 is 0 Å². The van der Waals surface area contributed by atoms with Gasteiger partial charge in [0, 0.05) is 13.1 Å². The van der Waals surface area contributed by atoms with Crippen LogP contribution in [0.15, 0.2) is 0 Å². The van der Waals surface area contributed by atoms with Gasteiger partial charge in [0.1, 0.15) is 0 Å². The van der Waals surface area contributed by atoms with Crippen molar-refractivity contribution >= 4 is 16.3 Å². The van der Waals surface area contributed by atoms with E-state index in [4.69, 9.17) is 0 Å². The number of hydrogen-bond acceptors (Lipinski definition) is 5. The average Bonchev–Trinajstić information content (AvgIpc) is 2.28. The highest BCUT2D eigenvalue weighted by Gasteiger charge is 2.30. The van der Waals surface area contributed by atoms with Crippen LogP contribution in [0.5, 0.6) is 0 Å². The molecule has 1 amide bonds. The Morgan fingerprint density at radius 3 is 2.50 bits per heavy atom. The quantitative estimate of drug-likeness (QED) is 0.759. The summed E-state index contributed by atoms with van der Waals surface area (Å²) in [5.41, 5.74) is 0. The molecule has 0 aromatic heterocycles. The van der Waals surface area contributed by atoms with Crippen molar-refractivity contribution in [3.8, 4) is 0 Å². The van der Waals surface area contributed by atoms with Crippen LogP contribution in [0.4, 0.5) is 4.79 Å². The summed E-state index contributed by atoms with van der Waals surface area (Å²) in [7, 11) is -3.83. The lowest BCUT2D eigenvalue weighted by molar-refractivity contribution is 0.0907. The number of carbonyl (C=O) groups is 1. The van der Waals surface area contributed by atoms with Gasteiger partial charge in [-0.15, -0.1) is 0 Å². The molecule has 1 atom stereocenters. The number of rotatable bonds is 4. The predicted octanol–water partition coefficient (Wildman–Crippen LogP) is 0.0701. The predicted molar refractivity (Wildman–Crippen MR) is 65.1 cm³/mol. The maximum absolute atomic E-state index is 11.8. The van der Waals surface area contributed by atoms with Gasteiger partial charge < -0.3 is 9.84 Å². The minimum absolute atomic E-state index is 0.110. The second kappa shape index (κ2) is 6.35. The van der Waals surface area contributed by atoms with Crippen LogP contribution in [0.3, 0.4) is 0 Å². The van der Waals surface area contributed by atoms with Crippen LogP contribution in [0.1, 0.15) is 26.7 Å². The fraction of sp³-hybridized carbons (Fsp3) is 0.900. The van der Waals surface area contributed by atoms with Gasteiger partial charge in [0.15, 0.2) is 0 Å². The second-order valence-corrected chi connectivity index (χ2v) is 5.98. The molecule has 1 saturated heterocycles. The Morgan fingerprint density at radius 1 is 1.50 bits per heavy atom. The van der Waals surface area contributed by atoms with Crippen molar-refractivity contribution in [3.63, 3.8) is 0 Å². The molecular weight excluding hydrogens is 260 g/mol. The largest absolute Gasteiger partial charge is 0.449 e. The summed E-state index contributed by atoms with van der Waals surface area (Å²) in [6.07, 6.45) is -0.231. The molecule has 1 unspecified atom stereocenters. The van der Waals surface area contributed by atoms with Crippen LogP contribution in [0.25, 0.3) is 0 Å². The Hall–Kier alpha value is -0.860. The Morgan fingerprint density at radius 2 is 2.06 bits per heavy atom. The van der Waals surface area contributed by atoms with Gasteiger partial charge >= 0.3 is 16.3 Å². The standard InChI is InChI=1S/C10H20N2O5S/c1-3-17-10(14)11-18(15,16)12-6-4-9(5-7-12)8(2)13/h8-9,13H,3-7H2,1-2H3,(H,11,14). The summed E-state index contributed by atoms with van der Waals surface area (Å²) in [6.45, 7) is 4.01. The molecule has 106 valence electrons. The van der Waals surface area contributed by atoms with Gasteiger partial charge in [0.2, 0.25) is 0 Å². The van der Waals surface area contributed by atoms with Crippen LogP contribution in [-0.4, -0.2) is 49.7 Å². The molecule has 0 aliphatic carbocycles. The van der Waals surface area contributed by atoms with Crippen LogP contribution >= 0.6 is 0 Å². The SMILES string of the molecule is CCOC(=O)NS(=O)(=O)N1CCC(C(C)O)CC1. The van der Waals surface area contributed by atoms with Gasteiger partial charge in [-0.05, 0) is 32.6 Å². The maximum atomic E-state index is 11.8. The first-order valence-electron chi connectivity index (χ1n) is 5.99. The van der Waals surface area contributed by atoms with Crippen molar-refractivity contribution in [1.82, 2.24) is 9.03 Å². The van der Waals surface area contributed by atoms with E-state index in [0.29, 0.717) is 25.9 Å². The summed E-state index contributed by atoms with van der Waals surface area (Å²) in [5, 5.41) is 9.42. The molecule has 0 aromatic carbocycles. The molecule has 7 nitrogen and oxygen atoms in total. The monoisotopic (exact) mass is 280 g/mol. The van der Waals surface area contributed by atoms with Crippen molar-refractivity contribution < 1.29 is 23.1 Å². The smallest absolute Gasteiger partial charge is 0.421 e. The Labute approximate surface area is 107 Å². The zero-order valence-corrected chi connectivity index (χ0v) is 11.4. The van der Waals surface area contributed by atoms with E-state index in [1.54, 1.807) is 13.8 Å². The molecule has 2 N–H and O–H groups in total. The highest BCUT2D eigenvalue weighted by atomic mass is 32.2. The van der Waals surface area contributed by atoms with Crippen LogP contribution in [-0.2, 0) is 14.9 Å². The van der Waals surface area contributed by atoms with Crippen molar-refractivity contribution in [2.45, 2.75) is 32.8 Å². The molecule has 1 fully saturated rings. The lowest BCUT2D eigenvalue weighted by atomic mass is 9.93. The average molecular weight is 280 g/mol. The zero-order valence-electron chi connectivity index (χ0n) is 10.6. The Balaban J connectivity index is 2.53. The van der Waals surface area contributed by atoms with Gasteiger partial charge in [0.25, 0.3) is 0 Å². The van der Waals surface area contributed by atoms with Crippen molar-refractivity contribution in [2.24, 2.45) is 5.92 Å². The first-order valence-corrected chi connectivity index (χ1v) is 7.43. The molecule has 0 saturated carbocycles. The van der Waals surface area contributed by atoms with Crippen molar-refractivity contribution in [1.29, 1.82) is 0 Å². The molecular formula is C10H20N2O5S. The van der Waals surface area contributed by atoms with Gasteiger partial charge in [-0.2, -0.15) is 12.7 Å². The second-order valence-electron chi connectivity index (χ2n) is 4.30. The molecule has 0 radical (unpaired) electrons. The molecule has 1 aliphatic rings. The normalized spacial score (nSPS) is 20.4. The highest BCUT2D eigenvalue weighted by Crippen LogP contribution is 2.21. The Kier molecular flexibility index (Phi) is 5.36. The molecule has 1 aliphatic heterocycles. The van der Waals surface area contributed by atoms with E-state index < -0.39 is 22.4 Å². The molecule has 0 spiro atoms. The first-order chi connectivity index (χ1) is 8.36. The number of hydrogen-bond donors (Lipinski definition) is 2. The molecule has 18 heavy (non-hydrogen) atoms. The summed E-state index contributed by atoms with van der Waals surface area (Å²) in [4.78, 5) is 11.1. The van der Waals surface area contributed by atoms with E-state index in [1.165, 1.54) is 4.31 Å². The number of amides is 1. The van der Waals surface area contributed by atoms with E-state index in [-0.39, 0.29) is 12.5 Å². The van der Waals surface area contributed by atoms with Crippen LogP contribution < -0.4 is 4.72 Å². The number of aliphatic hydroxyl groups excluding tert-OH is 1. The Bertz CT molecular complexity index is 374. The lowest BCUT2D eigenvalue weighted by Gasteiger charge is -2.32.